The summed E-state index contributed by atoms with van der Waals surface area (Å²) in [6.07, 6.45) is 0. The van der Waals surface area contributed by atoms with E-state index in [0.717, 1.165) is 6.07 Å². The van der Waals surface area contributed by atoms with Crippen molar-refractivity contribution < 1.29 is 13.9 Å². The van der Waals surface area contributed by atoms with Crippen molar-refractivity contribution in [1.29, 1.82) is 0 Å². The van der Waals surface area contributed by atoms with E-state index in [9.17, 15) is 9.18 Å². The van der Waals surface area contributed by atoms with Crippen molar-refractivity contribution in [3.05, 3.63) is 23.5 Å². The highest BCUT2D eigenvalue weighted by molar-refractivity contribution is 6.24. The maximum absolute atomic E-state index is 13.2. The van der Waals surface area contributed by atoms with Crippen LogP contribution in [0.15, 0.2) is 12.1 Å². The van der Waals surface area contributed by atoms with Crippen LogP contribution in [0.1, 0.15) is 10.4 Å². The highest BCUT2D eigenvalue weighted by atomic mass is 35.5. The maximum atomic E-state index is 13.2. The predicted molar refractivity (Wildman–Crippen MR) is 50.7 cm³/mol. The monoisotopic (exact) mass is 218 g/mol. The third kappa shape index (κ3) is 1.88. The lowest BCUT2D eigenvalue weighted by Crippen LogP contribution is -2.14. The molecule has 1 amide bonds. The largest absolute Gasteiger partial charge is 0.493 e. The number of amides is 1. The molecular weight excluding hydrogens is 211 g/mol. The summed E-state index contributed by atoms with van der Waals surface area (Å²) in [7, 11) is 1.25. The zero-order chi connectivity index (χ0) is 10.7. The fourth-order valence-corrected chi connectivity index (χ4v) is 1.14. The number of nitrogens with one attached hydrogen (secondary N) is 1. The minimum absolute atomic E-state index is 0.0417. The predicted octanol–water partition coefficient (Wildman–Crippen LogP) is 1.30. The third-order valence-electron chi connectivity index (χ3n) is 1.60. The van der Waals surface area contributed by atoms with Gasteiger partial charge in [-0.1, -0.05) is 0 Å². The first-order chi connectivity index (χ1) is 6.60. The lowest BCUT2D eigenvalue weighted by molar-refractivity contribution is 0.0978. The van der Waals surface area contributed by atoms with Gasteiger partial charge in [-0.15, -0.1) is 0 Å². The summed E-state index contributed by atoms with van der Waals surface area (Å²) in [5.41, 5.74) is 5.44. The second kappa shape index (κ2) is 4.15. The molecule has 0 bridgehead atoms. The Labute approximate surface area is 84.9 Å². The first-order valence-corrected chi connectivity index (χ1v) is 4.02. The van der Waals surface area contributed by atoms with E-state index in [2.05, 4.69) is 0 Å². The first kappa shape index (κ1) is 10.6. The molecule has 0 saturated heterocycles. The zero-order valence-corrected chi connectivity index (χ0v) is 8.06. The van der Waals surface area contributed by atoms with E-state index in [4.69, 9.17) is 22.2 Å². The van der Waals surface area contributed by atoms with Gasteiger partial charge in [0.05, 0.1) is 12.7 Å². The minimum atomic E-state index is -0.706. The van der Waals surface area contributed by atoms with Gasteiger partial charge in [0.15, 0.2) is 11.6 Å². The van der Waals surface area contributed by atoms with E-state index in [1.54, 1.807) is 0 Å². The molecule has 6 heteroatoms. The number of carbonyl (C=O) groups is 1. The van der Waals surface area contributed by atoms with Gasteiger partial charge >= 0.3 is 0 Å². The van der Waals surface area contributed by atoms with Gasteiger partial charge in [0.2, 0.25) is 0 Å². The molecule has 0 saturated carbocycles. The van der Waals surface area contributed by atoms with Gasteiger partial charge in [0.1, 0.15) is 0 Å². The molecule has 0 radical (unpaired) electrons. The molecule has 0 aliphatic heterocycles. The van der Waals surface area contributed by atoms with Crippen LogP contribution in [0.25, 0.3) is 0 Å². The Morgan fingerprint density at radius 1 is 1.64 bits per heavy atom. The van der Waals surface area contributed by atoms with E-state index in [-0.39, 0.29) is 17.0 Å². The average molecular weight is 219 g/mol. The smallest absolute Gasteiger partial charge is 0.269 e. The van der Waals surface area contributed by atoms with Crippen LogP contribution >= 0.6 is 11.8 Å². The molecule has 1 aromatic rings. The molecule has 4 nitrogen and oxygen atoms in total. The molecule has 0 fully saturated rings. The zero-order valence-electron chi connectivity index (χ0n) is 7.30. The average Bonchev–Trinajstić information content (AvgIpc) is 2.15. The number of rotatable bonds is 2. The van der Waals surface area contributed by atoms with Crippen LogP contribution in [0.3, 0.4) is 0 Å². The summed E-state index contributed by atoms with van der Waals surface area (Å²) in [4.78, 5) is 13.0. The fourth-order valence-electron chi connectivity index (χ4n) is 1.04. The summed E-state index contributed by atoms with van der Waals surface area (Å²) < 4.78 is 17.9. The lowest BCUT2D eigenvalue weighted by Gasteiger charge is -2.08. The Balaban J connectivity index is 3.32. The number of hydrogen-bond donors (Lipinski definition) is 2. The molecule has 1 rings (SSSR count). The molecule has 0 unspecified atom stereocenters. The highest BCUT2D eigenvalue weighted by Gasteiger charge is 2.16. The molecule has 0 atom stereocenters. The standard InChI is InChI=1S/C8H8ClFN2O2/c1-14-7-5(8(13)12-9)2-4(11)3-6(7)10/h2-3H,11H2,1H3,(H,12,13). The molecule has 1 aromatic carbocycles. The second-order valence-corrected chi connectivity index (χ2v) is 2.70. The van der Waals surface area contributed by atoms with E-state index in [1.165, 1.54) is 13.2 Å². The van der Waals surface area contributed by atoms with Crippen LogP contribution < -0.4 is 15.3 Å². The molecule has 0 aromatic heterocycles. The van der Waals surface area contributed by atoms with Crippen molar-refractivity contribution in [1.82, 2.24) is 4.84 Å². The second-order valence-electron chi connectivity index (χ2n) is 2.51. The molecule has 0 spiro atoms. The molecule has 0 heterocycles. The number of carbonyl (C=O) groups excluding carboxylic acids is 1. The Bertz CT molecular complexity index is 371. The van der Waals surface area contributed by atoms with Crippen LogP contribution in [0.2, 0.25) is 0 Å². The summed E-state index contributed by atoms with van der Waals surface area (Å²) in [5, 5.41) is 0. The van der Waals surface area contributed by atoms with E-state index in [1.807, 2.05) is 4.84 Å². The molecule has 3 N–H and O–H groups in total. The van der Waals surface area contributed by atoms with Crippen molar-refractivity contribution in [3.63, 3.8) is 0 Å². The molecular formula is C8H8ClFN2O2. The number of nitrogen functional groups attached to an aromatic ring is 1. The van der Waals surface area contributed by atoms with Crippen LogP contribution in [-0.2, 0) is 0 Å². The topological polar surface area (TPSA) is 64.3 Å². The van der Waals surface area contributed by atoms with E-state index < -0.39 is 11.7 Å². The number of hydrogen-bond acceptors (Lipinski definition) is 3. The summed E-state index contributed by atoms with van der Waals surface area (Å²) >= 11 is 5.10. The Morgan fingerprint density at radius 3 is 2.79 bits per heavy atom. The van der Waals surface area contributed by atoms with Crippen molar-refractivity contribution in [2.45, 2.75) is 0 Å². The molecule has 0 aliphatic rings. The fraction of sp³-hybridized carbons (Fsp3) is 0.125. The maximum Gasteiger partial charge on any atom is 0.269 e. The number of ether oxygens (including phenoxy) is 1. The van der Waals surface area contributed by atoms with E-state index >= 15 is 0 Å². The normalized spacial score (nSPS) is 9.64. The summed E-state index contributed by atoms with van der Waals surface area (Å²) in [6.45, 7) is 0. The SMILES string of the molecule is COc1c(F)cc(N)cc1C(=O)NCl. The minimum Gasteiger partial charge on any atom is -0.493 e. The van der Waals surface area contributed by atoms with Crippen LogP contribution in [0, 0.1) is 5.82 Å². The highest BCUT2D eigenvalue weighted by Crippen LogP contribution is 2.25. The van der Waals surface area contributed by atoms with Crippen molar-refractivity contribution >= 4 is 23.4 Å². The lowest BCUT2D eigenvalue weighted by atomic mass is 10.1. The van der Waals surface area contributed by atoms with E-state index in [0.29, 0.717) is 0 Å². The molecule has 14 heavy (non-hydrogen) atoms. The summed E-state index contributed by atoms with van der Waals surface area (Å²) in [6, 6.07) is 2.34. The van der Waals surface area contributed by atoms with Crippen molar-refractivity contribution in [2.75, 3.05) is 12.8 Å². The number of nitrogens with two attached hydrogens (primary N) is 1. The van der Waals surface area contributed by atoms with Gasteiger partial charge in [-0.05, 0) is 6.07 Å². The number of methoxy groups -OCH3 is 1. The third-order valence-corrected chi connectivity index (χ3v) is 1.77. The number of benzene rings is 1. The van der Waals surface area contributed by atoms with Gasteiger partial charge in [-0.25, -0.2) is 4.39 Å². The van der Waals surface area contributed by atoms with Crippen molar-refractivity contribution in [2.24, 2.45) is 0 Å². The van der Waals surface area contributed by atoms with Gasteiger partial charge < -0.3 is 10.5 Å². The Morgan fingerprint density at radius 2 is 2.29 bits per heavy atom. The van der Waals surface area contributed by atoms with Crippen molar-refractivity contribution in [3.8, 4) is 5.75 Å². The van der Waals surface area contributed by atoms with Crippen LogP contribution in [-0.4, -0.2) is 13.0 Å². The van der Waals surface area contributed by atoms with Gasteiger partial charge in [0.25, 0.3) is 5.91 Å². The van der Waals surface area contributed by atoms with Gasteiger partial charge in [-0.2, -0.15) is 0 Å². The van der Waals surface area contributed by atoms with Crippen LogP contribution in [0.5, 0.6) is 5.75 Å². The van der Waals surface area contributed by atoms with Gasteiger partial charge in [-0.3, -0.25) is 9.63 Å². The molecule has 76 valence electrons. The van der Waals surface area contributed by atoms with Crippen LogP contribution in [0.4, 0.5) is 10.1 Å². The van der Waals surface area contributed by atoms with Gasteiger partial charge in [0, 0.05) is 23.5 Å². The first-order valence-electron chi connectivity index (χ1n) is 3.64. The number of anilines is 1. The summed E-state index contributed by atoms with van der Waals surface area (Å²) in [5.74, 6) is -1.56. The Hall–Kier alpha value is -1.49. The molecule has 0 aliphatic carbocycles. The quantitative estimate of drug-likeness (QED) is 0.581. The Kier molecular flexibility index (Phi) is 3.14. The number of halogens is 2.